The van der Waals surface area contributed by atoms with E-state index in [-0.39, 0.29) is 6.03 Å². The number of rotatable bonds is 5. The number of nitrogens with one attached hydrogen (secondary N) is 3. The number of aromatic nitrogens is 5. The first-order chi connectivity index (χ1) is 11.6. The summed E-state index contributed by atoms with van der Waals surface area (Å²) in [6, 6.07) is 9.04. The van der Waals surface area contributed by atoms with Crippen molar-refractivity contribution >= 4 is 17.5 Å². The molecule has 0 unspecified atom stereocenters. The Morgan fingerprint density at radius 2 is 2.12 bits per heavy atom. The van der Waals surface area contributed by atoms with Crippen LogP contribution in [-0.2, 0) is 6.54 Å². The molecule has 0 aliphatic carbocycles. The van der Waals surface area contributed by atoms with Crippen LogP contribution in [0.1, 0.15) is 31.0 Å². The molecule has 8 heteroatoms. The van der Waals surface area contributed by atoms with Crippen molar-refractivity contribution in [1.82, 2.24) is 25.0 Å². The predicted molar refractivity (Wildman–Crippen MR) is 90.9 cm³/mol. The van der Waals surface area contributed by atoms with E-state index >= 15 is 0 Å². The molecule has 8 nitrogen and oxygen atoms in total. The van der Waals surface area contributed by atoms with Crippen LogP contribution in [0, 0.1) is 0 Å². The lowest BCUT2D eigenvalue weighted by Crippen LogP contribution is -2.20. The first-order valence-electron chi connectivity index (χ1n) is 7.65. The van der Waals surface area contributed by atoms with E-state index in [1.807, 2.05) is 30.3 Å². The van der Waals surface area contributed by atoms with Crippen LogP contribution in [0.15, 0.2) is 43.0 Å². The number of para-hydroxylation sites is 1. The quantitative estimate of drug-likeness (QED) is 0.671. The molecule has 0 fully saturated rings. The first-order valence-corrected chi connectivity index (χ1v) is 7.65. The molecule has 3 N–H and O–H groups in total. The number of aromatic amines is 1. The normalized spacial score (nSPS) is 10.8. The third kappa shape index (κ3) is 3.78. The highest BCUT2D eigenvalue weighted by molar-refractivity contribution is 5.99. The summed E-state index contributed by atoms with van der Waals surface area (Å²) in [4.78, 5) is 16.1. The summed E-state index contributed by atoms with van der Waals surface area (Å²) in [7, 11) is 0. The predicted octanol–water partition coefficient (Wildman–Crippen LogP) is 2.82. The van der Waals surface area contributed by atoms with Gasteiger partial charge in [0.05, 0.1) is 6.54 Å². The van der Waals surface area contributed by atoms with Gasteiger partial charge in [-0.3, -0.25) is 10.4 Å². The van der Waals surface area contributed by atoms with Gasteiger partial charge in [-0.2, -0.15) is 10.2 Å². The summed E-state index contributed by atoms with van der Waals surface area (Å²) in [6.45, 7) is 4.63. The number of nitrogens with zero attached hydrogens (tertiary/aromatic N) is 4. The molecular formula is C16H19N7O. The van der Waals surface area contributed by atoms with Gasteiger partial charge in [0.2, 0.25) is 0 Å². The van der Waals surface area contributed by atoms with E-state index in [0.29, 0.717) is 24.0 Å². The highest BCUT2D eigenvalue weighted by Gasteiger charge is 2.10. The number of H-pyrrole nitrogens is 1. The van der Waals surface area contributed by atoms with Gasteiger partial charge in [0.25, 0.3) is 0 Å². The number of amides is 2. The van der Waals surface area contributed by atoms with Crippen LogP contribution >= 0.6 is 0 Å². The van der Waals surface area contributed by atoms with Gasteiger partial charge in [0, 0.05) is 17.4 Å². The minimum atomic E-state index is -0.345. The lowest BCUT2D eigenvalue weighted by Gasteiger charge is -2.11. The number of benzene rings is 1. The second-order valence-corrected chi connectivity index (χ2v) is 5.69. The molecule has 0 spiro atoms. The van der Waals surface area contributed by atoms with Gasteiger partial charge in [0.1, 0.15) is 12.7 Å². The third-order valence-corrected chi connectivity index (χ3v) is 3.53. The molecule has 0 aliphatic rings. The molecule has 0 radical (unpaired) electrons. The van der Waals surface area contributed by atoms with Crippen LogP contribution in [0.25, 0.3) is 0 Å². The Balaban J connectivity index is 1.67. The Labute approximate surface area is 139 Å². The third-order valence-electron chi connectivity index (χ3n) is 3.53. The molecule has 0 saturated heterocycles. The maximum absolute atomic E-state index is 12.2. The SMILES string of the molecule is CC(C)c1cc(NC(=O)Nc2ccccc2Cn2cncn2)n[nH]1. The van der Waals surface area contributed by atoms with Crippen LogP contribution in [0.4, 0.5) is 16.3 Å². The number of hydrogen-bond donors (Lipinski definition) is 3. The van der Waals surface area contributed by atoms with Crippen molar-refractivity contribution in [2.45, 2.75) is 26.3 Å². The van der Waals surface area contributed by atoms with Gasteiger partial charge in [-0.1, -0.05) is 32.0 Å². The summed E-state index contributed by atoms with van der Waals surface area (Å²) in [5.74, 6) is 0.810. The minimum Gasteiger partial charge on any atom is -0.307 e. The van der Waals surface area contributed by atoms with E-state index in [9.17, 15) is 4.79 Å². The molecule has 0 bridgehead atoms. The van der Waals surface area contributed by atoms with Gasteiger partial charge in [-0.15, -0.1) is 0 Å². The van der Waals surface area contributed by atoms with Crippen LogP contribution in [0.5, 0.6) is 0 Å². The zero-order valence-electron chi connectivity index (χ0n) is 13.5. The van der Waals surface area contributed by atoms with Crippen molar-refractivity contribution in [3.05, 3.63) is 54.2 Å². The molecule has 0 aliphatic heterocycles. The molecule has 2 aromatic heterocycles. The Bertz CT molecular complexity index is 807. The zero-order chi connectivity index (χ0) is 16.9. The van der Waals surface area contributed by atoms with E-state index in [1.165, 1.54) is 6.33 Å². The van der Waals surface area contributed by atoms with Crippen LogP contribution in [0.3, 0.4) is 0 Å². The summed E-state index contributed by atoms with van der Waals surface area (Å²) >= 11 is 0. The topological polar surface area (TPSA) is 101 Å². The fourth-order valence-corrected chi connectivity index (χ4v) is 2.24. The summed E-state index contributed by atoms with van der Waals surface area (Å²) in [5, 5.41) is 16.6. The Morgan fingerprint density at radius 3 is 2.83 bits per heavy atom. The number of carbonyl (C=O) groups excluding carboxylic acids is 1. The molecule has 124 valence electrons. The van der Waals surface area contributed by atoms with E-state index < -0.39 is 0 Å². The molecule has 2 heterocycles. The van der Waals surface area contributed by atoms with Gasteiger partial charge in [0.15, 0.2) is 5.82 Å². The molecule has 3 aromatic rings. The summed E-state index contributed by atoms with van der Waals surface area (Å²) < 4.78 is 1.70. The van der Waals surface area contributed by atoms with Gasteiger partial charge >= 0.3 is 6.03 Å². The average molecular weight is 325 g/mol. The monoisotopic (exact) mass is 325 g/mol. The Morgan fingerprint density at radius 1 is 1.29 bits per heavy atom. The lowest BCUT2D eigenvalue weighted by molar-refractivity contribution is 0.262. The summed E-state index contributed by atoms with van der Waals surface area (Å²) in [6.07, 6.45) is 3.11. The van der Waals surface area contributed by atoms with Gasteiger partial charge in [-0.05, 0) is 17.5 Å². The Kier molecular flexibility index (Phi) is 4.55. The smallest absolute Gasteiger partial charge is 0.307 e. The molecule has 1 aromatic carbocycles. The Hall–Kier alpha value is -3.16. The molecule has 2 amide bonds. The zero-order valence-corrected chi connectivity index (χ0v) is 13.5. The van der Waals surface area contributed by atoms with Crippen LogP contribution in [0.2, 0.25) is 0 Å². The standard InChI is InChI=1S/C16H19N7O/c1-11(2)14-7-15(22-21-14)20-16(24)19-13-6-4-3-5-12(13)8-23-10-17-9-18-23/h3-7,9-11H,8H2,1-2H3,(H3,19,20,21,22,24). The maximum Gasteiger partial charge on any atom is 0.324 e. The fourth-order valence-electron chi connectivity index (χ4n) is 2.24. The fraction of sp³-hybridized carbons (Fsp3) is 0.250. The molecule has 0 atom stereocenters. The van der Waals surface area contributed by atoms with Gasteiger partial charge in [-0.25, -0.2) is 14.5 Å². The van der Waals surface area contributed by atoms with Crippen molar-refractivity contribution in [3.8, 4) is 0 Å². The maximum atomic E-state index is 12.2. The number of urea groups is 1. The summed E-state index contributed by atoms with van der Waals surface area (Å²) in [5.41, 5.74) is 2.62. The molecular weight excluding hydrogens is 306 g/mol. The van der Waals surface area contributed by atoms with Crippen LogP contribution in [-0.4, -0.2) is 31.0 Å². The van der Waals surface area contributed by atoms with E-state index in [1.54, 1.807) is 11.0 Å². The van der Waals surface area contributed by atoms with Crippen molar-refractivity contribution in [3.63, 3.8) is 0 Å². The highest BCUT2D eigenvalue weighted by atomic mass is 16.2. The lowest BCUT2D eigenvalue weighted by atomic mass is 10.1. The second-order valence-electron chi connectivity index (χ2n) is 5.69. The first kappa shape index (κ1) is 15.7. The van der Waals surface area contributed by atoms with Gasteiger partial charge < -0.3 is 5.32 Å². The average Bonchev–Trinajstić information content (AvgIpc) is 3.21. The van der Waals surface area contributed by atoms with E-state index in [2.05, 4.69) is 44.8 Å². The number of anilines is 2. The van der Waals surface area contributed by atoms with Crippen molar-refractivity contribution in [2.24, 2.45) is 0 Å². The highest BCUT2D eigenvalue weighted by Crippen LogP contribution is 2.18. The van der Waals surface area contributed by atoms with E-state index in [4.69, 9.17) is 0 Å². The molecule has 0 saturated carbocycles. The molecule has 3 rings (SSSR count). The number of carbonyl (C=O) groups is 1. The van der Waals surface area contributed by atoms with Crippen molar-refractivity contribution in [2.75, 3.05) is 10.6 Å². The largest absolute Gasteiger partial charge is 0.324 e. The molecule has 24 heavy (non-hydrogen) atoms. The minimum absolute atomic E-state index is 0.319. The van der Waals surface area contributed by atoms with Crippen molar-refractivity contribution in [1.29, 1.82) is 0 Å². The van der Waals surface area contributed by atoms with Crippen LogP contribution < -0.4 is 10.6 Å². The van der Waals surface area contributed by atoms with E-state index in [0.717, 1.165) is 11.3 Å². The second kappa shape index (κ2) is 6.95. The van der Waals surface area contributed by atoms with Crippen molar-refractivity contribution < 1.29 is 4.79 Å². The number of hydrogen-bond acceptors (Lipinski definition) is 4.